The monoisotopic (exact) mass is 504 g/mol. The molecule has 1 heterocycles. The third-order valence-electron chi connectivity index (χ3n) is 7.03. The molecule has 0 radical (unpaired) electrons. The first-order valence-electron chi connectivity index (χ1n) is 12.2. The van der Waals surface area contributed by atoms with Crippen molar-refractivity contribution in [2.75, 3.05) is 50.1 Å². The third-order valence-corrected chi connectivity index (χ3v) is 7.84. The Kier molecular flexibility index (Phi) is 8.81. The largest absolute Gasteiger partial charge is 0.495 e. The zero-order valence-electron chi connectivity index (χ0n) is 19.7. The van der Waals surface area contributed by atoms with E-state index in [-0.39, 0.29) is 12.1 Å². The normalized spacial score (nSPS) is 21.2. The Morgan fingerprint density at radius 1 is 1.00 bits per heavy atom. The minimum Gasteiger partial charge on any atom is -0.495 e. The van der Waals surface area contributed by atoms with Gasteiger partial charge in [0.25, 0.3) is 0 Å². The molecule has 184 valence electrons. The summed E-state index contributed by atoms with van der Waals surface area (Å²) in [5, 5.41) is 7.31. The van der Waals surface area contributed by atoms with Crippen LogP contribution in [0.4, 0.5) is 16.2 Å². The highest BCUT2D eigenvalue weighted by molar-refractivity contribution is 6.43. The standard InChI is InChI=1S/C26H34Cl2N4O2/c1-34-24-8-3-2-6-22(24)30-26(33)29-20-11-9-19(10-12-20)13-14-31-15-17-32(18-16-31)23-7-4-5-21(27)25(23)28/h2-8,19-20H,9-18H2,1H3,(H2,29,30,33)/t19-,20-. The SMILES string of the molecule is COc1ccccc1NC(=O)N[C@H]1CC[C@H](CCN2CCN(c3cccc(Cl)c3Cl)CC2)CC1. The summed E-state index contributed by atoms with van der Waals surface area (Å²) in [5.74, 6) is 1.40. The van der Waals surface area contributed by atoms with Gasteiger partial charge >= 0.3 is 6.03 Å². The highest BCUT2D eigenvalue weighted by Gasteiger charge is 2.25. The van der Waals surface area contributed by atoms with E-state index < -0.39 is 0 Å². The molecule has 2 N–H and O–H groups in total. The second kappa shape index (κ2) is 12.0. The number of rotatable bonds is 7. The van der Waals surface area contributed by atoms with Crippen LogP contribution in [0.25, 0.3) is 0 Å². The highest BCUT2D eigenvalue weighted by Crippen LogP contribution is 2.33. The molecule has 0 spiro atoms. The number of piperazine rings is 1. The number of anilines is 2. The van der Waals surface area contributed by atoms with E-state index in [4.69, 9.17) is 27.9 Å². The Morgan fingerprint density at radius 2 is 1.74 bits per heavy atom. The van der Waals surface area contributed by atoms with Crippen molar-refractivity contribution >= 4 is 40.6 Å². The van der Waals surface area contributed by atoms with Crippen molar-refractivity contribution in [2.24, 2.45) is 5.92 Å². The summed E-state index contributed by atoms with van der Waals surface area (Å²) in [4.78, 5) is 17.3. The Morgan fingerprint density at radius 3 is 2.47 bits per heavy atom. The maximum absolute atomic E-state index is 12.4. The van der Waals surface area contributed by atoms with Crippen LogP contribution in [-0.4, -0.2) is 56.8 Å². The molecule has 8 heteroatoms. The van der Waals surface area contributed by atoms with Gasteiger partial charge in [-0.25, -0.2) is 4.79 Å². The van der Waals surface area contributed by atoms with E-state index in [2.05, 4.69) is 20.4 Å². The molecular weight excluding hydrogens is 471 g/mol. The first kappa shape index (κ1) is 25.0. The van der Waals surface area contributed by atoms with Gasteiger partial charge in [0.2, 0.25) is 0 Å². The summed E-state index contributed by atoms with van der Waals surface area (Å²) < 4.78 is 5.31. The van der Waals surface area contributed by atoms with Gasteiger partial charge in [0.1, 0.15) is 5.75 Å². The molecule has 4 rings (SSSR count). The minimum atomic E-state index is -0.161. The number of halogens is 2. The van der Waals surface area contributed by atoms with Crippen LogP contribution in [0.1, 0.15) is 32.1 Å². The van der Waals surface area contributed by atoms with E-state index >= 15 is 0 Å². The molecule has 2 aromatic carbocycles. The average Bonchev–Trinajstić information content (AvgIpc) is 2.86. The summed E-state index contributed by atoms with van der Waals surface area (Å²) >= 11 is 12.6. The zero-order chi connectivity index (χ0) is 23.9. The smallest absolute Gasteiger partial charge is 0.319 e. The molecule has 1 saturated heterocycles. The molecular formula is C26H34Cl2N4O2. The number of hydrogen-bond acceptors (Lipinski definition) is 4. The van der Waals surface area contributed by atoms with Crippen LogP contribution < -0.4 is 20.3 Å². The van der Waals surface area contributed by atoms with Crippen LogP contribution in [0.5, 0.6) is 5.75 Å². The number of ether oxygens (including phenoxy) is 1. The van der Waals surface area contributed by atoms with E-state index in [0.717, 1.165) is 70.0 Å². The fourth-order valence-electron chi connectivity index (χ4n) is 5.00. The summed E-state index contributed by atoms with van der Waals surface area (Å²) in [7, 11) is 1.61. The van der Waals surface area contributed by atoms with Gasteiger partial charge in [0.05, 0.1) is 28.5 Å². The molecule has 34 heavy (non-hydrogen) atoms. The van der Waals surface area contributed by atoms with Crippen molar-refractivity contribution in [3.63, 3.8) is 0 Å². The number of carbonyl (C=O) groups excluding carboxylic acids is 1. The van der Waals surface area contributed by atoms with Gasteiger partial charge in [-0.05, 0) is 68.8 Å². The fourth-order valence-corrected chi connectivity index (χ4v) is 5.42. The van der Waals surface area contributed by atoms with Crippen molar-refractivity contribution < 1.29 is 9.53 Å². The topological polar surface area (TPSA) is 56.8 Å². The lowest BCUT2D eigenvalue weighted by Gasteiger charge is -2.37. The van der Waals surface area contributed by atoms with Gasteiger partial charge in [-0.2, -0.15) is 0 Å². The number of amides is 2. The molecule has 6 nitrogen and oxygen atoms in total. The predicted molar refractivity (Wildman–Crippen MR) is 141 cm³/mol. The fraction of sp³-hybridized carbons (Fsp3) is 0.500. The molecule has 2 amide bonds. The van der Waals surface area contributed by atoms with E-state index in [1.54, 1.807) is 7.11 Å². The van der Waals surface area contributed by atoms with Crippen LogP contribution in [0.2, 0.25) is 10.0 Å². The van der Waals surface area contributed by atoms with Gasteiger partial charge in [0.15, 0.2) is 0 Å². The van der Waals surface area contributed by atoms with Crippen molar-refractivity contribution in [2.45, 2.75) is 38.1 Å². The molecule has 0 aromatic heterocycles. The lowest BCUT2D eigenvalue weighted by Crippen LogP contribution is -2.47. The Hall–Kier alpha value is -2.15. The maximum atomic E-state index is 12.4. The number of carbonyl (C=O) groups is 1. The molecule has 0 atom stereocenters. The van der Waals surface area contributed by atoms with Crippen LogP contribution in [-0.2, 0) is 0 Å². The van der Waals surface area contributed by atoms with Gasteiger partial charge in [-0.1, -0.05) is 41.4 Å². The second-order valence-electron chi connectivity index (χ2n) is 9.21. The molecule has 1 aliphatic heterocycles. The second-order valence-corrected chi connectivity index (χ2v) is 9.99. The Balaban J connectivity index is 1.14. The van der Waals surface area contributed by atoms with Crippen LogP contribution in [0, 0.1) is 5.92 Å². The summed E-state index contributed by atoms with van der Waals surface area (Å²) in [6, 6.07) is 13.4. The molecule has 1 aliphatic carbocycles. The number of hydrogen-bond donors (Lipinski definition) is 2. The van der Waals surface area contributed by atoms with Gasteiger partial charge in [-0.3, -0.25) is 4.90 Å². The number of methoxy groups -OCH3 is 1. The van der Waals surface area contributed by atoms with E-state index in [9.17, 15) is 4.79 Å². The van der Waals surface area contributed by atoms with E-state index in [1.807, 2.05) is 42.5 Å². The summed E-state index contributed by atoms with van der Waals surface area (Å²) in [6.07, 6.45) is 5.61. The molecule has 1 saturated carbocycles. The van der Waals surface area contributed by atoms with Crippen molar-refractivity contribution in [3.05, 3.63) is 52.5 Å². The van der Waals surface area contributed by atoms with Crippen LogP contribution in [0.15, 0.2) is 42.5 Å². The third kappa shape index (κ3) is 6.49. The quantitative estimate of drug-likeness (QED) is 0.493. The van der Waals surface area contributed by atoms with Crippen molar-refractivity contribution in [1.29, 1.82) is 0 Å². The highest BCUT2D eigenvalue weighted by atomic mass is 35.5. The number of benzene rings is 2. The first-order valence-corrected chi connectivity index (χ1v) is 12.9. The maximum Gasteiger partial charge on any atom is 0.319 e. The lowest BCUT2D eigenvalue weighted by atomic mass is 9.84. The number of urea groups is 1. The molecule has 0 unspecified atom stereocenters. The van der Waals surface area contributed by atoms with Crippen molar-refractivity contribution in [3.8, 4) is 5.75 Å². The van der Waals surface area contributed by atoms with Crippen LogP contribution >= 0.6 is 23.2 Å². The van der Waals surface area contributed by atoms with E-state index in [0.29, 0.717) is 21.5 Å². The molecule has 2 aromatic rings. The number of nitrogens with zero attached hydrogens (tertiary/aromatic N) is 2. The first-order chi connectivity index (χ1) is 16.5. The van der Waals surface area contributed by atoms with Gasteiger partial charge in [-0.15, -0.1) is 0 Å². The van der Waals surface area contributed by atoms with Crippen molar-refractivity contribution in [1.82, 2.24) is 10.2 Å². The zero-order valence-corrected chi connectivity index (χ0v) is 21.2. The summed E-state index contributed by atoms with van der Waals surface area (Å²) in [5.41, 5.74) is 1.73. The predicted octanol–water partition coefficient (Wildman–Crippen LogP) is 5.89. The Labute approximate surface area is 212 Å². The summed E-state index contributed by atoms with van der Waals surface area (Å²) in [6.45, 7) is 5.16. The molecule has 2 fully saturated rings. The average molecular weight is 505 g/mol. The number of para-hydroxylation sites is 2. The minimum absolute atomic E-state index is 0.161. The van der Waals surface area contributed by atoms with Gasteiger partial charge in [0, 0.05) is 32.2 Å². The van der Waals surface area contributed by atoms with Gasteiger partial charge < -0.3 is 20.3 Å². The molecule has 2 aliphatic rings. The Bertz CT molecular complexity index is 958. The lowest BCUT2D eigenvalue weighted by molar-refractivity contribution is 0.208. The van der Waals surface area contributed by atoms with Crippen LogP contribution in [0.3, 0.4) is 0 Å². The van der Waals surface area contributed by atoms with E-state index in [1.165, 1.54) is 6.42 Å². The number of nitrogens with one attached hydrogen (secondary N) is 2. The molecule has 0 bridgehead atoms.